The summed E-state index contributed by atoms with van der Waals surface area (Å²) in [5, 5.41) is 12.5. The second kappa shape index (κ2) is 9.97. The van der Waals surface area contributed by atoms with Crippen LogP contribution in [-0.2, 0) is 14.0 Å². The smallest absolute Gasteiger partial charge is 0.222 e. The zero-order chi connectivity index (χ0) is 19.0. The highest BCUT2D eigenvalue weighted by Gasteiger charge is 2.41. The maximum absolute atomic E-state index is 11.9. The van der Waals surface area contributed by atoms with Crippen LogP contribution in [-0.4, -0.2) is 33.2 Å². The van der Waals surface area contributed by atoms with E-state index < -0.39 is 20.5 Å². The average molecular weight is 355 g/mol. The molecule has 1 N–H and O–H groups in total. The zero-order valence-electron chi connectivity index (χ0n) is 16.3. The van der Waals surface area contributed by atoms with Gasteiger partial charge >= 0.3 is 0 Å². The summed E-state index contributed by atoms with van der Waals surface area (Å²) in [5.41, 5.74) is 0. The van der Waals surface area contributed by atoms with E-state index in [1.54, 1.807) is 6.08 Å². The molecule has 0 aromatic heterocycles. The predicted molar refractivity (Wildman–Crippen MR) is 99.8 cm³/mol. The average Bonchev–Trinajstić information content (AvgIpc) is 2.43. The number of hydrogen-bond acceptors (Lipinski definition) is 4. The van der Waals surface area contributed by atoms with Crippen LogP contribution in [0.25, 0.3) is 0 Å². The first-order chi connectivity index (χ1) is 11.0. The molecule has 5 nitrogen and oxygen atoms in total. The lowest BCUT2D eigenvalue weighted by molar-refractivity contribution is -0.127. The molecular weight excluding hydrogens is 320 g/mol. The minimum atomic E-state index is -2.02. The van der Waals surface area contributed by atoms with Crippen LogP contribution in [0.2, 0.25) is 18.1 Å². The van der Waals surface area contributed by atoms with E-state index in [1.165, 1.54) is 0 Å². The molecule has 0 aromatic rings. The van der Waals surface area contributed by atoms with Crippen LogP contribution in [0.3, 0.4) is 0 Å². The highest BCUT2D eigenvalue weighted by atomic mass is 28.4. The van der Waals surface area contributed by atoms with Gasteiger partial charge in [-0.2, -0.15) is 5.26 Å². The number of carbonyl (C=O) groups is 1. The molecule has 1 amide bonds. The quantitative estimate of drug-likeness (QED) is 0.366. The molecule has 0 fully saturated rings. The van der Waals surface area contributed by atoms with E-state index in [0.29, 0.717) is 6.42 Å². The summed E-state index contributed by atoms with van der Waals surface area (Å²) in [4.78, 5) is 11.9. The largest absolute Gasteiger partial charge is 0.413 e. The number of ether oxygens (including phenoxy) is 1. The van der Waals surface area contributed by atoms with Gasteiger partial charge in [-0.05, 0) is 31.5 Å². The Morgan fingerprint density at radius 1 is 1.42 bits per heavy atom. The number of rotatable bonds is 10. The van der Waals surface area contributed by atoms with Crippen LogP contribution < -0.4 is 5.32 Å². The standard InChI is InChI=1S/C18H34N2O3Si/c1-9-11-16(21)20-17(22-12-10-2)15(13-19)14(3)23-24(7,8)18(4,5)6/h10,14-15,17H,2,9,11-12H2,1,3-8H3,(H,20,21)/t14-,15-,17-/m1/s1. The van der Waals surface area contributed by atoms with Gasteiger partial charge in [0.25, 0.3) is 0 Å². The third-order valence-corrected chi connectivity index (χ3v) is 9.02. The topological polar surface area (TPSA) is 71.3 Å². The predicted octanol–water partition coefficient (Wildman–Crippen LogP) is 3.98. The zero-order valence-corrected chi connectivity index (χ0v) is 17.3. The van der Waals surface area contributed by atoms with Crippen molar-refractivity contribution in [2.45, 2.75) is 77.9 Å². The van der Waals surface area contributed by atoms with Crippen LogP contribution in [0.4, 0.5) is 0 Å². The molecule has 0 rings (SSSR count). The Bertz CT molecular complexity index is 452. The molecule has 0 bridgehead atoms. The van der Waals surface area contributed by atoms with E-state index in [1.807, 2.05) is 13.8 Å². The van der Waals surface area contributed by atoms with Gasteiger partial charge in [-0.25, -0.2) is 0 Å². The molecule has 0 spiro atoms. The van der Waals surface area contributed by atoms with Gasteiger partial charge in [0.2, 0.25) is 5.91 Å². The van der Waals surface area contributed by atoms with Gasteiger partial charge in [-0.15, -0.1) is 6.58 Å². The van der Waals surface area contributed by atoms with Crippen molar-refractivity contribution >= 4 is 14.2 Å². The van der Waals surface area contributed by atoms with E-state index in [-0.39, 0.29) is 23.7 Å². The first-order valence-corrected chi connectivity index (χ1v) is 11.5. The maximum atomic E-state index is 11.9. The minimum Gasteiger partial charge on any atom is -0.413 e. The van der Waals surface area contributed by atoms with Crippen LogP contribution in [0.1, 0.15) is 47.5 Å². The summed E-state index contributed by atoms with van der Waals surface area (Å²) < 4.78 is 12.0. The maximum Gasteiger partial charge on any atom is 0.222 e. The number of nitrogens with one attached hydrogen (secondary N) is 1. The number of hydrogen-bond donors (Lipinski definition) is 1. The highest BCUT2D eigenvalue weighted by molar-refractivity contribution is 6.74. The summed E-state index contributed by atoms with van der Waals surface area (Å²) in [6, 6.07) is 2.26. The van der Waals surface area contributed by atoms with Gasteiger partial charge in [0, 0.05) is 6.42 Å². The third-order valence-electron chi connectivity index (χ3n) is 4.44. The fraction of sp³-hybridized carbons (Fsp3) is 0.778. The molecule has 0 aliphatic heterocycles. The lowest BCUT2D eigenvalue weighted by Crippen LogP contribution is -2.50. The van der Waals surface area contributed by atoms with Crippen molar-refractivity contribution in [3.63, 3.8) is 0 Å². The molecule has 0 aliphatic carbocycles. The molecule has 6 heteroatoms. The second-order valence-corrected chi connectivity index (χ2v) is 12.4. The fourth-order valence-corrected chi connectivity index (χ4v) is 3.43. The molecule has 0 saturated carbocycles. The molecular formula is C18H34N2O3Si. The number of nitrogens with zero attached hydrogens (tertiary/aromatic N) is 1. The second-order valence-electron chi connectivity index (χ2n) is 7.60. The van der Waals surface area contributed by atoms with Gasteiger partial charge in [0.1, 0.15) is 12.1 Å². The summed E-state index contributed by atoms with van der Waals surface area (Å²) in [6.07, 6.45) is 1.71. The first-order valence-electron chi connectivity index (χ1n) is 8.59. The SMILES string of the molecule is C=CCO[C@@H](NC(=O)CCC)[C@H](C#N)[C@@H](C)O[Si](C)(C)C(C)(C)C. The lowest BCUT2D eigenvalue weighted by Gasteiger charge is -2.40. The Kier molecular flexibility index (Phi) is 9.49. The third kappa shape index (κ3) is 7.16. The summed E-state index contributed by atoms with van der Waals surface area (Å²) in [6.45, 7) is 18.5. The Hall–Kier alpha value is -1.16. The summed E-state index contributed by atoms with van der Waals surface area (Å²) >= 11 is 0. The fourth-order valence-electron chi connectivity index (χ4n) is 2.00. The number of amides is 1. The Morgan fingerprint density at radius 2 is 2.00 bits per heavy atom. The van der Waals surface area contributed by atoms with Gasteiger partial charge in [-0.1, -0.05) is 33.8 Å². The Balaban J connectivity index is 5.20. The van der Waals surface area contributed by atoms with E-state index in [0.717, 1.165) is 6.42 Å². The molecule has 0 aliphatic rings. The molecule has 0 aromatic carbocycles. The molecule has 0 heterocycles. The molecule has 0 unspecified atom stereocenters. The lowest BCUT2D eigenvalue weighted by atomic mass is 10.0. The molecule has 3 atom stereocenters. The van der Waals surface area contributed by atoms with Crippen LogP contribution in [0.15, 0.2) is 12.7 Å². The monoisotopic (exact) mass is 354 g/mol. The Morgan fingerprint density at radius 3 is 2.42 bits per heavy atom. The Labute approximate surface area is 148 Å². The number of carbonyl (C=O) groups excluding carboxylic acids is 1. The van der Waals surface area contributed by atoms with Crippen LogP contribution in [0, 0.1) is 17.2 Å². The number of nitriles is 1. The van der Waals surface area contributed by atoms with Gasteiger partial charge in [0.15, 0.2) is 8.32 Å². The van der Waals surface area contributed by atoms with Crippen molar-refractivity contribution in [1.82, 2.24) is 5.32 Å². The molecule has 138 valence electrons. The van der Waals surface area contributed by atoms with Gasteiger partial charge in [-0.3, -0.25) is 4.79 Å². The van der Waals surface area contributed by atoms with E-state index in [9.17, 15) is 10.1 Å². The summed E-state index contributed by atoms with van der Waals surface area (Å²) in [5.74, 6) is -0.703. The van der Waals surface area contributed by atoms with Crippen LogP contribution >= 0.6 is 0 Å². The first kappa shape index (κ1) is 22.8. The highest BCUT2D eigenvalue weighted by Crippen LogP contribution is 2.38. The normalized spacial score (nSPS) is 15.9. The van der Waals surface area contributed by atoms with Crippen molar-refractivity contribution < 1.29 is 14.0 Å². The van der Waals surface area contributed by atoms with Gasteiger partial charge in [0.05, 0.1) is 18.8 Å². The van der Waals surface area contributed by atoms with Crippen molar-refractivity contribution in [2.75, 3.05) is 6.61 Å². The van der Waals surface area contributed by atoms with Crippen molar-refractivity contribution in [2.24, 2.45) is 5.92 Å². The molecule has 0 radical (unpaired) electrons. The van der Waals surface area contributed by atoms with Crippen molar-refractivity contribution in [3.05, 3.63) is 12.7 Å². The van der Waals surface area contributed by atoms with Gasteiger partial charge < -0.3 is 14.5 Å². The minimum absolute atomic E-state index is 0.0458. The van der Waals surface area contributed by atoms with Crippen molar-refractivity contribution in [1.29, 1.82) is 5.26 Å². The molecule has 24 heavy (non-hydrogen) atoms. The van der Waals surface area contributed by atoms with Crippen LogP contribution in [0.5, 0.6) is 0 Å². The van der Waals surface area contributed by atoms with E-state index in [2.05, 4.69) is 51.8 Å². The van der Waals surface area contributed by atoms with Crippen molar-refractivity contribution in [3.8, 4) is 6.07 Å². The summed E-state index contributed by atoms with van der Waals surface area (Å²) in [7, 11) is -2.02. The van der Waals surface area contributed by atoms with E-state index >= 15 is 0 Å². The molecule has 0 saturated heterocycles. The van der Waals surface area contributed by atoms with E-state index in [4.69, 9.17) is 9.16 Å².